The first-order valence-corrected chi connectivity index (χ1v) is 6.66. The van der Waals surface area contributed by atoms with Crippen molar-refractivity contribution >= 4 is 5.78 Å². The number of nitrogens with zero attached hydrogens (tertiary/aromatic N) is 1. The molecule has 0 spiro atoms. The van der Waals surface area contributed by atoms with Crippen LogP contribution in [0.2, 0.25) is 0 Å². The van der Waals surface area contributed by atoms with Gasteiger partial charge in [-0.15, -0.1) is 0 Å². The van der Waals surface area contributed by atoms with Crippen LogP contribution in [0.5, 0.6) is 0 Å². The van der Waals surface area contributed by atoms with E-state index in [9.17, 15) is 9.18 Å². The van der Waals surface area contributed by atoms with Crippen LogP contribution in [-0.4, -0.2) is 30.3 Å². The Kier molecular flexibility index (Phi) is 4.48. The molecule has 2 rings (SSSR count). The molecule has 0 bridgehead atoms. The normalized spacial score (nSPS) is 16.4. The molecule has 0 saturated heterocycles. The molecular weight excluding hydrogens is 229 g/mol. The molecule has 1 saturated carbocycles. The molecule has 0 aromatic heterocycles. The first-order valence-electron chi connectivity index (χ1n) is 6.66. The monoisotopic (exact) mass is 249 g/mol. The molecular formula is C15H20FNO. The SMILES string of the molecule is CN(CCC(=O)c1ccc(F)cc1)C1CCCC1. The molecule has 0 aliphatic heterocycles. The predicted molar refractivity (Wildman–Crippen MR) is 70.2 cm³/mol. The van der Waals surface area contributed by atoms with E-state index in [1.54, 1.807) is 12.1 Å². The van der Waals surface area contributed by atoms with E-state index in [1.165, 1.54) is 37.8 Å². The van der Waals surface area contributed by atoms with Crippen LogP contribution in [0, 0.1) is 5.82 Å². The summed E-state index contributed by atoms with van der Waals surface area (Å²) in [4.78, 5) is 14.2. The van der Waals surface area contributed by atoms with Crippen molar-refractivity contribution in [2.75, 3.05) is 13.6 Å². The van der Waals surface area contributed by atoms with Crippen molar-refractivity contribution in [2.45, 2.75) is 38.1 Å². The second-order valence-electron chi connectivity index (χ2n) is 5.10. The van der Waals surface area contributed by atoms with E-state index >= 15 is 0 Å². The van der Waals surface area contributed by atoms with Crippen LogP contribution < -0.4 is 0 Å². The Labute approximate surface area is 108 Å². The van der Waals surface area contributed by atoms with E-state index < -0.39 is 0 Å². The predicted octanol–water partition coefficient (Wildman–Crippen LogP) is 3.27. The Bertz CT molecular complexity index is 395. The number of rotatable bonds is 5. The number of carbonyl (C=O) groups is 1. The third kappa shape index (κ3) is 3.39. The molecule has 1 aromatic carbocycles. The quantitative estimate of drug-likeness (QED) is 0.746. The number of hydrogen-bond donors (Lipinski definition) is 0. The van der Waals surface area contributed by atoms with E-state index in [4.69, 9.17) is 0 Å². The van der Waals surface area contributed by atoms with Gasteiger partial charge in [-0.05, 0) is 44.2 Å². The molecule has 2 nitrogen and oxygen atoms in total. The van der Waals surface area contributed by atoms with Gasteiger partial charge in [-0.3, -0.25) is 4.79 Å². The molecule has 0 N–H and O–H groups in total. The van der Waals surface area contributed by atoms with Gasteiger partial charge < -0.3 is 4.90 Å². The van der Waals surface area contributed by atoms with E-state index in [2.05, 4.69) is 11.9 Å². The fraction of sp³-hybridized carbons (Fsp3) is 0.533. The van der Waals surface area contributed by atoms with Crippen LogP contribution in [0.4, 0.5) is 4.39 Å². The topological polar surface area (TPSA) is 20.3 Å². The van der Waals surface area contributed by atoms with E-state index in [0.717, 1.165) is 6.54 Å². The summed E-state index contributed by atoms with van der Waals surface area (Å²) in [6.07, 6.45) is 5.63. The third-order valence-corrected chi connectivity index (χ3v) is 3.81. The number of halogens is 1. The number of Topliss-reactive ketones (excluding diaryl/α,β-unsaturated/α-hetero) is 1. The molecule has 1 aromatic rings. The first-order chi connectivity index (χ1) is 8.66. The average molecular weight is 249 g/mol. The molecule has 0 unspecified atom stereocenters. The standard InChI is InChI=1S/C15H20FNO/c1-17(14-4-2-3-5-14)11-10-15(18)12-6-8-13(16)9-7-12/h6-9,14H,2-5,10-11H2,1H3. The molecule has 1 fully saturated rings. The minimum atomic E-state index is -0.297. The Morgan fingerprint density at radius 1 is 1.28 bits per heavy atom. The summed E-state index contributed by atoms with van der Waals surface area (Å²) in [5.41, 5.74) is 0.608. The van der Waals surface area contributed by atoms with Crippen molar-refractivity contribution in [3.63, 3.8) is 0 Å². The Morgan fingerprint density at radius 3 is 2.50 bits per heavy atom. The summed E-state index contributed by atoms with van der Waals surface area (Å²) >= 11 is 0. The minimum absolute atomic E-state index is 0.0971. The molecule has 18 heavy (non-hydrogen) atoms. The third-order valence-electron chi connectivity index (χ3n) is 3.81. The summed E-state index contributed by atoms with van der Waals surface area (Å²) in [5, 5.41) is 0. The molecule has 1 aliphatic rings. The lowest BCUT2D eigenvalue weighted by Gasteiger charge is -2.23. The van der Waals surface area contributed by atoms with E-state index in [-0.39, 0.29) is 11.6 Å². The van der Waals surface area contributed by atoms with Gasteiger partial charge in [-0.1, -0.05) is 12.8 Å². The maximum absolute atomic E-state index is 12.7. The lowest BCUT2D eigenvalue weighted by Crippen LogP contribution is -2.31. The zero-order valence-electron chi connectivity index (χ0n) is 10.9. The summed E-state index contributed by atoms with van der Waals surface area (Å²) in [6.45, 7) is 0.793. The summed E-state index contributed by atoms with van der Waals surface area (Å²) in [6, 6.07) is 6.45. The van der Waals surface area contributed by atoms with Gasteiger partial charge in [0.15, 0.2) is 5.78 Å². The highest BCUT2D eigenvalue weighted by atomic mass is 19.1. The molecule has 1 aliphatic carbocycles. The second kappa shape index (κ2) is 6.10. The highest BCUT2D eigenvalue weighted by Gasteiger charge is 2.19. The average Bonchev–Trinajstić information content (AvgIpc) is 2.90. The fourth-order valence-corrected chi connectivity index (χ4v) is 2.59. The van der Waals surface area contributed by atoms with Crippen LogP contribution in [0.3, 0.4) is 0 Å². The van der Waals surface area contributed by atoms with Gasteiger partial charge in [0.25, 0.3) is 0 Å². The maximum atomic E-state index is 12.7. The van der Waals surface area contributed by atoms with Crippen molar-refractivity contribution in [2.24, 2.45) is 0 Å². The van der Waals surface area contributed by atoms with Crippen LogP contribution in [-0.2, 0) is 0 Å². The largest absolute Gasteiger partial charge is 0.303 e. The van der Waals surface area contributed by atoms with Gasteiger partial charge in [-0.25, -0.2) is 4.39 Å². The van der Waals surface area contributed by atoms with Crippen LogP contribution in [0.1, 0.15) is 42.5 Å². The van der Waals surface area contributed by atoms with Crippen LogP contribution in [0.25, 0.3) is 0 Å². The molecule has 0 atom stereocenters. The molecule has 0 radical (unpaired) electrons. The fourth-order valence-electron chi connectivity index (χ4n) is 2.59. The van der Waals surface area contributed by atoms with Crippen LogP contribution in [0.15, 0.2) is 24.3 Å². The van der Waals surface area contributed by atoms with Gasteiger partial charge in [0.2, 0.25) is 0 Å². The van der Waals surface area contributed by atoms with Gasteiger partial charge in [-0.2, -0.15) is 0 Å². The number of ketones is 1. The lowest BCUT2D eigenvalue weighted by atomic mass is 10.1. The van der Waals surface area contributed by atoms with Gasteiger partial charge in [0.05, 0.1) is 0 Å². The Balaban J connectivity index is 1.82. The Hall–Kier alpha value is -1.22. The second-order valence-corrected chi connectivity index (χ2v) is 5.10. The van der Waals surface area contributed by atoms with E-state index in [0.29, 0.717) is 18.0 Å². The van der Waals surface area contributed by atoms with Crippen molar-refractivity contribution in [1.29, 1.82) is 0 Å². The summed E-state index contributed by atoms with van der Waals surface area (Å²) in [7, 11) is 2.09. The van der Waals surface area contributed by atoms with Crippen molar-refractivity contribution in [1.82, 2.24) is 4.90 Å². The summed E-state index contributed by atoms with van der Waals surface area (Å²) < 4.78 is 12.7. The highest BCUT2D eigenvalue weighted by Crippen LogP contribution is 2.22. The van der Waals surface area contributed by atoms with Crippen molar-refractivity contribution in [3.05, 3.63) is 35.6 Å². The number of hydrogen-bond acceptors (Lipinski definition) is 2. The molecule has 98 valence electrons. The maximum Gasteiger partial charge on any atom is 0.164 e. The Morgan fingerprint density at radius 2 is 1.89 bits per heavy atom. The molecule has 0 amide bonds. The summed E-state index contributed by atoms with van der Waals surface area (Å²) in [5.74, 6) is -0.200. The van der Waals surface area contributed by atoms with Crippen LogP contribution >= 0.6 is 0 Å². The minimum Gasteiger partial charge on any atom is -0.303 e. The first kappa shape index (κ1) is 13.2. The zero-order chi connectivity index (χ0) is 13.0. The van der Waals surface area contributed by atoms with Crippen molar-refractivity contribution < 1.29 is 9.18 Å². The van der Waals surface area contributed by atoms with Gasteiger partial charge in [0.1, 0.15) is 5.82 Å². The van der Waals surface area contributed by atoms with Crippen molar-refractivity contribution in [3.8, 4) is 0 Å². The smallest absolute Gasteiger partial charge is 0.164 e. The zero-order valence-corrected chi connectivity index (χ0v) is 10.9. The molecule has 0 heterocycles. The molecule has 3 heteroatoms. The highest BCUT2D eigenvalue weighted by molar-refractivity contribution is 5.96. The van der Waals surface area contributed by atoms with Gasteiger partial charge in [0, 0.05) is 24.6 Å². The number of carbonyl (C=O) groups excluding carboxylic acids is 1. The van der Waals surface area contributed by atoms with Gasteiger partial charge >= 0.3 is 0 Å². The number of benzene rings is 1. The lowest BCUT2D eigenvalue weighted by molar-refractivity contribution is 0.0960. The van der Waals surface area contributed by atoms with E-state index in [1.807, 2.05) is 0 Å².